The van der Waals surface area contributed by atoms with E-state index in [4.69, 9.17) is 16.3 Å². The van der Waals surface area contributed by atoms with Crippen LogP contribution in [0.5, 0.6) is 5.75 Å². The maximum Gasteiger partial charge on any atom is 0.248 e. The SMILES string of the molecule is COc1ccc(/C=C/C(=O)Nc2cnn(Cc3ccc(F)cc3Cl)c2)cc1. The van der Waals surface area contributed by atoms with Crippen LogP contribution >= 0.6 is 11.6 Å². The van der Waals surface area contributed by atoms with Crippen LogP contribution in [0.2, 0.25) is 5.02 Å². The molecule has 0 atom stereocenters. The summed E-state index contributed by atoms with van der Waals surface area (Å²) in [5.74, 6) is 0.0938. The third-order valence-corrected chi connectivity index (χ3v) is 4.14. The van der Waals surface area contributed by atoms with Crippen LogP contribution in [0.15, 0.2) is 60.9 Å². The average Bonchev–Trinajstić information content (AvgIpc) is 3.09. The highest BCUT2D eigenvalue weighted by molar-refractivity contribution is 6.31. The predicted octanol–water partition coefficient (Wildman–Crippen LogP) is 4.38. The molecule has 0 unspecified atom stereocenters. The molecule has 27 heavy (non-hydrogen) atoms. The maximum atomic E-state index is 13.1. The van der Waals surface area contributed by atoms with Crippen molar-refractivity contribution in [2.45, 2.75) is 6.54 Å². The van der Waals surface area contributed by atoms with Gasteiger partial charge in [-0.1, -0.05) is 29.8 Å². The molecule has 3 aromatic rings. The number of rotatable bonds is 6. The number of ether oxygens (including phenoxy) is 1. The largest absolute Gasteiger partial charge is 0.497 e. The number of methoxy groups -OCH3 is 1. The summed E-state index contributed by atoms with van der Waals surface area (Å²) < 4.78 is 19.8. The molecule has 3 rings (SSSR count). The van der Waals surface area contributed by atoms with E-state index in [1.807, 2.05) is 24.3 Å². The molecule has 0 spiro atoms. The lowest BCUT2D eigenvalue weighted by Crippen LogP contribution is -2.07. The summed E-state index contributed by atoms with van der Waals surface area (Å²) in [6, 6.07) is 11.6. The topological polar surface area (TPSA) is 56.1 Å². The zero-order chi connectivity index (χ0) is 19.2. The second-order valence-electron chi connectivity index (χ2n) is 5.76. The van der Waals surface area contributed by atoms with Crippen LogP contribution in [0.25, 0.3) is 6.08 Å². The van der Waals surface area contributed by atoms with E-state index in [1.54, 1.807) is 30.1 Å². The fourth-order valence-corrected chi connectivity index (χ4v) is 2.64. The fourth-order valence-electron chi connectivity index (χ4n) is 2.41. The first-order valence-corrected chi connectivity index (χ1v) is 8.51. The smallest absolute Gasteiger partial charge is 0.248 e. The van der Waals surface area contributed by atoms with Gasteiger partial charge in [-0.15, -0.1) is 0 Å². The highest BCUT2D eigenvalue weighted by Crippen LogP contribution is 2.19. The summed E-state index contributed by atoms with van der Waals surface area (Å²) in [6.45, 7) is 0.372. The summed E-state index contributed by atoms with van der Waals surface area (Å²) in [4.78, 5) is 12.0. The Labute approximate surface area is 161 Å². The van der Waals surface area contributed by atoms with Gasteiger partial charge in [0.15, 0.2) is 0 Å². The van der Waals surface area contributed by atoms with Crippen LogP contribution in [0, 0.1) is 5.82 Å². The van der Waals surface area contributed by atoms with E-state index in [0.29, 0.717) is 17.3 Å². The standard InChI is InChI=1S/C20H17ClFN3O2/c1-27-18-7-2-14(3-8-18)4-9-20(26)24-17-11-23-25(13-17)12-15-5-6-16(22)10-19(15)21/h2-11,13H,12H2,1H3,(H,24,26)/b9-4+. The lowest BCUT2D eigenvalue weighted by atomic mass is 10.2. The number of aromatic nitrogens is 2. The van der Waals surface area contributed by atoms with E-state index in [1.165, 1.54) is 24.4 Å². The van der Waals surface area contributed by atoms with Gasteiger partial charge in [0.2, 0.25) is 5.91 Å². The monoisotopic (exact) mass is 385 g/mol. The summed E-state index contributed by atoms with van der Waals surface area (Å²) >= 11 is 6.02. The molecule has 1 aromatic heterocycles. The molecule has 7 heteroatoms. The Bertz CT molecular complexity index is 968. The van der Waals surface area contributed by atoms with Crippen molar-refractivity contribution in [2.24, 2.45) is 0 Å². The molecule has 0 saturated carbocycles. The van der Waals surface area contributed by atoms with Gasteiger partial charge in [0.1, 0.15) is 11.6 Å². The molecule has 0 aliphatic heterocycles. The van der Waals surface area contributed by atoms with E-state index in [2.05, 4.69) is 10.4 Å². The van der Waals surface area contributed by atoms with Crippen molar-refractivity contribution in [3.05, 3.63) is 82.9 Å². The van der Waals surface area contributed by atoms with E-state index in [-0.39, 0.29) is 11.7 Å². The van der Waals surface area contributed by atoms with Crippen LogP contribution in [0.3, 0.4) is 0 Å². The number of carbonyl (C=O) groups is 1. The van der Waals surface area contributed by atoms with Crippen molar-refractivity contribution in [3.63, 3.8) is 0 Å². The number of anilines is 1. The molecule has 5 nitrogen and oxygen atoms in total. The van der Waals surface area contributed by atoms with Crippen molar-refractivity contribution < 1.29 is 13.9 Å². The van der Waals surface area contributed by atoms with E-state index in [0.717, 1.165) is 16.9 Å². The molecule has 0 saturated heterocycles. The lowest BCUT2D eigenvalue weighted by molar-refractivity contribution is -0.111. The number of hydrogen-bond acceptors (Lipinski definition) is 3. The molecule has 138 valence electrons. The first kappa shape index (κ1) is 18.7. The molecule has 0 aliphatic carbocycles. The Morgan fingerprint density at radius 1 is 1.30 bits per heavy atom. The molecular formula is C20H17ClFN3O2. The van der Waals surface area contributed by atoms with Crippen molar-refractivity contribution >= 4 is 29.3 Å². The van der Waals surface area contributed by atoms with Gasteiger partial charge in [0, 0.05) is 17.3 Å². The zero-order valence-electron chi connectivity index (χ0n) is 14.5. The number of carbonyl (C=O) groups excluding carboxylic acids is 1. The van der Waals surface area contributed by atoms with Gasteiger partial charge in [-0.3, -0.25) is 9.48 Å². The first-order chi connectivity index (χ1) is 13.0. The van der Waals surface area contributed by atoms with Crippen molar-refractivity contribution in [3.8, 4) is 5.75 Å². The summed E-state index contributed by atoms with van der Waals surface area (Å²) in [7, 11) is 1.60. The van der Waals surface area contributed by atoms with E-state index in [9.17, 15) is 9.18 Å². The predicted molar refractivity (Wildman–Crippen MR) is 103 cm³/mol. The number of nitrogens with zero attached hydrogens (tertiary/aromatic N) is 2. The Hall–Kier alpha value is -3.12. The quantitative estimate of drug-likeness (QED) is 0.640. The second-order valence-corrected chi connectivity index (χ2v) is 6.17. The molecule has 0 aliphatic rings. The van der Waals surface area contributed by atoms with Gasteiger partial charge in [0.05, 0.1) is 25.5 Å². The number of amides is 1. The molecule has 1 amide bonds. The first-order valence-electron chi connectivity index (χ1n) is 8.13. The molecule has 0 fully saturated rings. The molecule has 1 heterocycles. The van der Waals surface area contributed by atoms with Crippen molar-refractivity contribution in [1.29, 1.82) is 0 Å². The fraction of sp³-hybridized carbons (Fsp3) is 0.100. The molecule has 0 bridgehead atoms. The summed E-state index contributed by atoms with van der Waals surface area (Å²) in [5, 5.41) is 7.25. The number of hydrogen-bond donors (Lipinski definition) is 1. The Morgan fingerprint density at radius 3 is 2.78 bits per heavy atom. The lowest BCUT2D eigenvalue weighted by Gasteiger charge is -2.04. The third kappa shape index (κ3) is 5.18. The van der Waals surface area contributed by atoms with E-state index < -0.39 is 0 Å². The summed E-state index contributed by atoms with van der Waals surface area (Å²) in [6.07, 6.45) is 6.36. The summed E-state index contributed by atoms with van der Waals surface area (Å²) in [5.41, 5.74) is 2.17. The van der Waals surface area contributed by atoms with Crippen molar-refractivity contribution in [2.75, 3.05) is 12.4 Å². The Kier molecular flexibility index (Phi) is 5.88. The number of halogens is 2. The Balaban J connectivity index is 1.59. The number of nitrogens with one attached hydrogen (secondary N) is 1. The molecule has 2 aromatic carbocycles. The maximum absolute atomic E-state index is 13.1. The highest BCUT2D eigenvalue weighted by atomic mass is 35.5. The third-order valence-electron chi connectivity index (χ3n) is 3.79. The van der Waals surface area contributed by atoms with Crippen LogP contribution in [0.4, 0.5) is 10.1 Å². The minimum atomic E-state index is -0.388. The second kappa shape index (κ2) is 8.51. The normalized spacial score (nSPS) is 10.9. The zero-order valence-corrected chi connectivity index (χ0v) is 15.3. The Morgan fingerprint density at radius 2 is 2.07 bits per heavy atom. The van der Waals surface area contributed by atoms with Crippen LogP contribution in [-0.4, -0.2) is 22.8 Å². The molecule has 0 radical (unpaired) electrons. The van der Waals surface area contributed by atoms with Crippen LogP contribution in [0.1, 0.15) is 11.1 Å². The highest BCUT2D eigenvalue weighted by Gasteiger charge is 2.06. The van der Waals surface area contributed by atoms with Crippen LogP contribution in [-0.2, 0) is 11.3 Å². The average molecular weight is 386 g/mol. The van der Waals surface area contributed by atoms with Gasteiger partial charge < -0.3 is 10.1 Å². The van der Waals surface area contributed by atoms with Gasteiger partial charge in [-0.25, -0.2) is 4.39 Å². The van der Waals surface area contributed by atoms with Crippen LogP contribution < -0.4 is 10.1 Å². The molecule has 1 N–H and O–H groups in total. The van der Waals surface area contributed by atoms with Crippen molar-refractivity contribution in [1.82, 2.24) is 9.78 Å². The van der Waals surface area contributed by atoms with Gasteiger partial charge in [0.25, 0.3) is 0 Å². The minimum absolute atomic E-state index is 0.273. The number of benzene rings is 2. The van der Waals surface area contributed by atoms with Gasteiger partial charge in [-0.2, -0.15) is 5.10 Å². The van der Waals surface area contributed by atoms with E-state index >= 15 is 0 Å². The van der Waals surface area contributed by atoms with Gasteiger partial charge in [-0.05, 0) is 41.5 Å². The van der Waals surface area contributed by atoms with Gasteiger partial charge >= 0.3 is 0 Å². The minimum Gasteiger partial charge on any atom is -0.497 e. The molecular weight excluding hydrogens is 369 g/mol.